The van der Waals surface area contributed by atoms with Gasteiger partial charge in [-0.1, -0.05) is 0 Å². The van der Waals surface area contributed by atoms with Crippen molar-refractivity contribution in [3.8, 4) is 0 Å². The Morgan fingerprint density at radius 3 is 2.36 bits per heavy atom. The minimum absolute atomic E-state index is 0.0584. The number of benzene rings is 1. The van der Waals surface area contributed by atoms with Gasteiger partial charge in [-0.05, 0) is 52.2 Å². The smallest absolute Gasteiger partial charge is 0.480 e. The van der Waals surface area contributed by atoms with E-state index in [4.69, 9.17) is 14.4 Å². The maximum absolute atomic E-state index is 14.6. The van der Waals surface area contributed by atoms with Crippen LogP contribution in [0, 0.1) is 5.82 Å². The van der Waals surface area contributed by atoms with E-state index in [9.17, 15) is 14.0 Å². The van der Waals surface area contributed by atoms with Crippen LogP contribution in [0.4, 0.5) is 4.39 Å². The second-order valence-corrected chi connectivity index (χ2v) is 7.56. The fourth-order valence-corrected chi connectivity index (χ4v) is 2.97. The van der Waals surface area contributed by atoms with Crippen molar-refractivity contribution < 1.29 is 28.4 Å². The highest BCUT2D eigenvalue weighted by molar-refractivity contribution is 6.62. The normalized spacial score (nSPS) is 22.2. The molecule has 2 heterocycles. The first-order chi connectivity index (χ1) is 11.4. The number of carboxylic acids is 1. The number of carbonyl (C=O) groups excluding carboxylic acids is 1. The predicted molar refractivity (Wildman–Crippen MR) is 89.1 cm³/mol. The van der Waals surface area contributed by atoms with Crippen LogP contribution >= 0.6 is 0 Å². The van der Waals surface area contributed by atoms with Crippen LogP contribution in [0.5, 0.6) is 0 Å². The third-order valence-electron chi connectivity index (χ3n) is 5.39. The molecule has 0 saturated carbocycles. The maximum atomic E-state index is 14.6. The lowest BCUT2D eigenvalue weighted by molar-refractivity contribution is -0.141. The summed E-state index contributed by atoms with van der Waals surface area (Å²) < 4.78 is 26.4. The van der Waals surface area contributed by atoms with Crippen molar-refractivity contribution in [2.75, 3.05) is 0 Å². The van der Waals surface area contributed by atoms with Gasteiger partial charge in [0.15, 0.2) is 0 Å². The molecule has 0 unspecified atom stereocenters. The average molecular weight is 349 g/mol. The molecule has 1 aromatic rings. The number of rotatable bonds is 3. The molecule has 3 rings (SSSR count). The first-order valence-electron chi connectivity index (χ1n) is 8.16. The average Bonchev–Trinajstić information content (AvgIpc) is 2.93. The summed E-state index contributed by atoms with van der Waals surface area (Å²) >= 11 is 0. The Balaban J connectivity index is 1.95. The first kappa shape index (κ1) is 17.9. The van der Waals surface area contributed by atoms with Gasteiger partial charge in [-0.15, -0.1) is 0 Å². The van der Waals surface area contributed by atoms with Gasteiger partial charge in [-0.25, -0.2) is 9.18 Å². The van der Waals surface area contributed by atoms with Crippen LogP contribution in [0.3, 0.4) is 0 Å². The van der Waals surface area contributed by atoms with Crippen molar-refractivity contribution in [3.05, 3.63) is 29.1 Å². The van der Waals surface area contributed by atoms with Gasteiger partial charge in [0.1, 0.15) is 11.9 Å². The molecule has 2 aliphatic rings. The van der Waals surface area contributed by atoms with Crippen LogP contribution in [-0.4, -0.2) is 46.2 Å². The number of aliphatic carboxylic acids is 1. The fraction of sp³-hybridized carbons (Fsp3) is 0.529. The molecule has 0 radical (unpaired) electrons. The number of carboxylic acid groups (broad SMARTS) is 1. The van der Waals surface area contributed by atoms with Crippen LogP contribution in [-0.2, 0) is 20.6 Å². The van der Waals surface area contributed by atoms with Crippen molar-refractivity contribution >= 4 is 24.5 Å². The van der Waals surface area contributed by atoms with E-state index in [0.717, 1.165) is 4.90 Å². The van der Waals surface area contributed by atoms with Crippen molar-refractivity contribution in [3.63, 3.8) is 0 Å². The summed E-state index contributed by atoms with van der Waals surface area (Å²) in [7, 11) is -0.788. The second-order valence-electron chi connectivity index (χ2n) is 7.56. The largest absolute Gasteiger partial charge is 0.494 e. The monoisotopic (exact) mass is 349 g/mol. The Bertz CT molecular complexity index is 748. The summed E-state index contributed by atoms with van der Waals surface area (Å²) in [5.41, 5.74) is -0.383. The Morgan fingerprint density at radius 1 is 1.28 bits per heavy atom. The highest BCUT2D eigenvalue weighted by Crippen LogP contribution is 2.37. The van der Waals surface area contributed by atoms with Gasteiger partial charge in [0.05, 0.1) is 17.7 Å². The van der Waals surface area contributed by atoms with Gasteiger partial charge >= 0.3 is 13.1 Å². The minimum Gasteiger partial charge on any atom is -0.480 e. The Labute approximate surface area is 146 Å². The van der Waals surface area contributed by atoms with Crippen molar-refractivity contribution in [1.29, 1.82) is 0 Å². The minimum atomic E-state index is -1.13. The summed E-state index contributed by atoms with van der Waals surface area (Å²) in [6, 6.07) is 1.81. The lowest BCUT2D eigenvalue weighted by Crippen LogP contribution is -2.41. The van der Waals surface area contributed by atoms with Crippen molar-refractivity contribution in [2.24, 2.45) is 0 Å². The van der Waals surface area contributed by atoms with E-state index in [0.29, 0.717) is 5.46 Å². The van der Waals surface area contributed by atoms with Crippen LogP contribution in [0.25, 0.3) is 0 Å². The zero-order chi connectivity index (χ0) is 18.7. The molecule has 1 aromatic carbocycles. The number of hydrogen-bond donors (Lipinski definition) is 1. The summed E-state index contributed by atoms with van der Waals surface area (Å²) in [4.78, 5) is 24.8. The molecule has 6 nitrogen and oxygen atoms in total. The van der Waals surface area contributed by atoms with Gasteiger partial charge in [0.2, 0.25) is 0 Å². The van der Waals surface area contributed by atoms with Gasteiger partial charge in [0.25, 0.3) is 5.91 Å². The molecule has 1 fully saturated rings. The van der Waals surface area contributed by atoms with Crippen LogP contribution < -0.4 is 5.46 Å². The molecule has 25 heavy (non-hydrogen) atoms. The molecule has 2 aliphatic heterocycles. The summed E-state index contributed by atoms with van der Waals surface area (Å²) in [6.07, 6.45) is 0. The molecule has 0 aliphatic carbocycles. The van der Waals surface area contributed by atoms with Crippen LogP contribution in [0.2, 0.25) is 0 Å². The van der Waals surface area contributed by atoms with Crippen molar-refractivity contribution in [2.45, 2.75) is 58.4 Å². The maximum Gasteiger partial charge on any atom is 0.494 e. The van der Waals surface area contributed by atoms with E-state index in [1.54, 1.807) is 0 Å². The van der Waals surface area contributed by atoms with Gasteiger partial charge < -0.3 is 19.3 Å². The molecule has 0 bridgehead atoms. The SMILES string of the molecule is C[C@H](C(=O)O)N1Cc2c(F)cc(B3OC(C)(C)C(C)(C)O3)cc2C1=O. The van der Waals surface area contributed by atoms with Crippen LogP contribution in [0.1, 0.15) is 50.5 Å². The summed E-state index contributed by atoms with van der Waals surface area (Å²) in [5, 5.41) is 9.12. The van der Waals surface area contributed by atoms with E-state index in [-0.39, 0.29) is 17.7 Å². The molecule has 134 valence electrons. The quantitative estimate of drug-likeness (QED) is 0.838. The van der Waals surface area contributed by atoms with E-state index in [2.05, 4.69) is 0 Å². The number of carbonyl (C=O) groups is 2. The topological polar surface area (TPSA) is 76.1 Å². The molecule has 1 atom stereocenters. The molecule has 0 aromatic heterocycles. The molecular weight excluding hydrogens is 328 g/mol. The highest BCUT2D eigenvalue weighted by atomic mass is 19.1. The molecule has 1 amide bonds. The van der Waals surface area contributed by atoms with Gasteiger partial charge in [-0.3, -0.25) is 4.79 Å². The Morgan fingerprint density at radius 2 is 1.84 bits per heavy atom. The Kier molecular flexibility index (Phi) is 3.96. The number of fused-ring (bicyclic) bond motifs is 1. The second kappa shape index (κ2) is 5.54. The molecule has 1 N–H and O–H groups in total. The zero-order valence-corrected chi connectivity index (χ0v) is 14.9. The third kappa shape index (κ3) is 2.73. The van der Waals surface area contributed by atoms with Crippen molar-refractivity contribution in [1.82, 2.24) is 4.90 Å². The van der Waals surface area contributed by atoms with E-state index >= 15 is 0 Å². The number of halogens is 1. The van der Waals surface area contributed by atoms with Crippen LogP contribution in [0.15, 0.2) is 12.1 Å². The molecular formula is C17H21BFNO5. The standard InChI is InChI=1S/C17H21BFNO5/c1-9(15(22)23)20-8-12-11(14(20)21)6-10(7-13(12)19)18-24-16(2,3)17(4,5)25-18/h6-7,9H,8H2,1-5H3,(H,22,23)/t9-/m1/s1. The van der Waals surface area contributed by atoms with Gasteiger partial charge in [-0.2, -0.15) is 0 Å². The van der Waals surface area contributed by atoms with E-state index in [1.165, 1.54) is 19.1 Å². The first-order valence-corrected chi connectivity index (χ1v) is 8.16. The summed E-state index contributed by atoms with van der Waals surface area (Å²) in [5.74, 6) is -2.19. The van der Waals surface area contributed by atoms with Gasteiger partial charge in [0, 0.05) is 11.1 Å². The van der Waals surface area contributed by atoms with E-state index < -0.39 is 42.1 Å². The fourth-order valence-electron chi connectivity index (χ4n) is 2.97. The summed E-state index contributed by atoms with van der Waals surface area (Å²) in [6.45, 7) is 8.89. The molecule has 1 saturated heterocycles. The number of nitrogens with zero attached hydrogens (tertiary/aromatic N) is 1. The predicted octanol–water partition coefficient (Wildman–Crippen LogP) is 1.55. The van der Waals surface area contributed by atoms with E-state index in [1.807, 2.05) is 27.7 Å². The lowest BCUT2D eigenvalue weighted by atomic mass is 9.77. The molecule has 8 heteroatoms. The number of hydrogen-bond acceptors (Lipinski definition) is 4. The zero-order valence-electron chi connectivity index (χ0n) is 14.9. The number of amides is 1. The highest BCUT2D eigenvalue weighted by Gasteiger charge is 2.52. The third-order valence-corrected chi connectivity index (χ3v) is 5.39. The lowest BCUT2D eigenvalue weighted by Gasteiger charge is -2.32. The Hall–Kier alpha value is -1.93. The molecule has 0 spiro atoms.